The van der Waals surface area contributed by atoms with Gasteiger partial charge in [-0.05, 0) is 36.4 Å². The Hall–Kier alpha value is -2.69. The molecule has 5 nitrogen and oxygen atoms in total. The molecular formula is C17H17NO4. The molecule has 1 heterocycles. The molecule has 0 amide bonds. The number of fused-ring (bicyclic) bond motifs is 1. The van der Waals surface area contributed by atoms with E-state index < -0.39 is 0 Å². The lowest BCUT2D eigenvalue weighted by atomic mass is 10.1. The Balaban J connectivity index is 1.52. The van der Waals surface area contributed by atoms with Crippen LogP contribution in [-0.4, -0.2) is 26.2 Å². The number of hydrogen-bond acceptors (Lipinski definition) is 5. The molecule has 2 aromatic rings. The number of carbonyl (C=O) groups excluding carboxylic acids is 1. The van der Waals surface area contributed by atoms with E-state index in [4.69, 9.17) is 14.2 Å². The van der Waals surface area contributed by atoms with E-state index in [9.17, 15) is 4.79 Å². The van der Waals surface area contributed by atoms with Crippen molar-refractivity contribution in [2.75, 3.05) is 25.8 Å². The molecule has 0 radical (unpaired) electrons. The largest absolute Gasteiger partial charge is 0.497 e. The van der Waals surface area contributed by atoms with Gasteiger partial charge in [0.15, 0.2) is 17.3 Å². The summed E-state index contributed by atoms with van der Waals surface area (Å²) in [5.41, 5.74) is 1.60. The molecule has 3 rings (SSSR count). The smallest absolute Gasteiger partial charge is 0.231 e. The van der Waals surface area contributed by atoms with Gasteiger partial charge in [-0.25, -0.2) is 0 Å². The Morgan fingerprint density at radius 3 is 2.68 bits per heavy atom. The molecule has 1 aliphatic rings. The summed E-state index contributed by atoms with van der Waals surface area (Å²) >= 11 is 0. The van der Waals surface area contributed by atoms with Gasteiger partial charge in [-0.2, -0.15) is 0 Å². The second-order valence-electron chi connectivity index (χ2n) is 4.90. The summed E-state index contributed by atoms with van der Waals surface area (Å²) in [6.45, 7) is 0.819. The van der Waals surface area contributed by atoms with E-state index in [0.717, 1.165) is 22.9 Å². The highest BCUT2D eigenvalue weighted by molar-refractivity contribution is 5.96. The van der Waals surface area contributed by atoms with E-state index in [1.54, 1.807) is 31.4 Å². The molecule has 5 heteroatoms. The quantitative estimate of drug-likeness (QED) is 0.831. The molecule has 0 unspecified atom stereocenters. The zero-order chi connectivity index (χ0) is 15.4. The first-order chi connectivity index (χ1) is 10.8. The molecule has 0 bridgehead atoms. The van der Waals surface area contributed by atoms with Gasteiger partial charge in [0.25, 0.3) is 0 Å². The number of hydrogen-bond donors (Lipinski definition) is 1. The van der Waals surface area contributed by atoms with E-state index >= 15 is 0 Å². The molecular weight excluding hydrogens is 282 g/mol. The molecule has 0 saturated carbocycles. The van der Waals surface area contributed by atoms with Gasteiger partial charge in [-0.1, -0.05) is 0 Å². The Labute approximate surface area is 128 Å². The molecule has 22 heavy (non-hydrogen) atoms. The van der Waals surface area contributed by atoms with Crippen LogP contribution in [0.15, 0.2) is 42.5 Å². The van der Waals surface area contributed by atoms with Crippen LogP contribution < -0.4 is 19.5 Å². The van der Waals surface area contributed by atoms with Gasteiger partial charge < -0.3 is 19.5 Å². The Morgan fingerprint density at radius 1 is 1.14 bits per heavy atom. The number of benzene rings is 2. The molecule has 0 fully saturated rings. The Kier molecular flexibility index (Phi) is 4.14. The van der Waals surface area contributed by atoms with Crippen LogP contribution in [0.2, 0.25) is 0 Å². The number of ketones is 1. The van der Waals surface area contributed by atoms with Crippen molar-refractivity contribution in [2.24, 2.45) is 0 Å². The van der Waals surface area contributed by atoms with Crippen LogP contribution in [0.3, 0.4) is 0 Å². The van der Waals surface area contributed by atoms with Crippen molar-refractivity contribution >= 4 is 11.5 Å². The molecule has 1 aliphatic heterocycles. The zero-order valence-electron chi connectivity index (χ0n) is 12.3. The van der Waals surface area contributed by atoms with E-state index in [0.29, 0.717) is 18.5 Å². The molecule has 0 aliphatic carbocycles. The lowest BCUT2D eigenvalue weighted by molar-refractivity contribution is 0.0986. The molecule has 2 aromatic carbocycles. The first-order valence-corrected chi connectivity index (χ1v) is 7.07. The fourth-order valence-corrected chi connectivity index (χ4v) is 2.25. The molecule has 1 N–H and O–H groups in total. The topological polar surface area (TPSA) is 56.8 Å². The van der Waals surface area contributed by atoms with Crippen LogP contribution in [0.5, 0.6) is 17.2 Å². The SMILES string of the molecule is COc1ccc(C(=O)CCNc2ccc3c(c2)OCO3)cc1. The second kappa shape index (κ2) is 6.39. The number of Topliss-reactive ketones (excluding diaryl/α,β-unsaturated/α-hetero) is 1. The lowest BCUT2D eigenvalue weighted by Gasteiger charge is -2.07. The Morgan fingerprint density at radius 2 is 1.91 bits per heavy atom. The van der Waals surface area contributed by atoms with E-state index in [1.165, 1.54) is 0 Å². The summed E-state index contributed by atoms with van der Waals surface area (Å²) in [4.78, 5) is 12.1. The van der Waals surface area contributed by atoms with Crippen LogP contribution in [-0.2, 0) is 0 Å². The highest BCUT2D eigenvalue weighted by Crippen LogP contribution is 2.34. The first kappa shape index (κ1) is 14.3. The third-order valence-electron chi connectivity index (χ3n) is 3.47. The maximum absolute atomic E-state index is 12.1. The van der Waals surface area contributed by atoms with E-state index in [2.05, 4.69) is 5.32 Å². The highest BCUT2D eigenvalue weighted by atomic mass is 16.7. The third-order valence-corrected chi connectivity index (χ3v) is 3.47. The van der Waals surface area contributed by atoms with Gasteiger partial charge in [0.2, 0.25) is 6.79 Å². The van der Waals surface area contributed by atoms with Gasteiger partial charge >= 0.3 is 0 Å². The molecule has 0 saturated heterocycles. The average Bonchev–Trinajstić information content (AvgIpc) is 3.02. The van der Waals surface area contributed by atoms with Crippen molar-refractivity contribution in [3.05, 3.63) is 48.0 Å². The number of nitrogens with one attached hydrogen (secondary N) is 1. The van der Waals surface area contributed by atoms with E-state index in [1.807, 2.05) is 18.2 Å². The maximum Gasteiger partial charge on any atom is 0.231 e. The summed E-state index contributed by atoms with van der Waals surface area (Å²) in [5, 5.41) is 3.22. The minimum atomic E-state index is 0.0934. The number of carbonyl (C=O) groups is 1. The fourth-order valence-electron chi connectivity index (χ4n) is 2.25. The van der Waals surface area contributed by atoms with Crippen molar-refractivity contribution in [3.8, 4) is 17.2 Å². The number of anilines is 1. The van der Waals surface area contributed by atoms with Crippen LogP contribution in [0.4, 0.5) is 5.69 Å². The second-order valence-corrected chi connectivity index (χ2v) is 4.90. The van der Waals surface area contributed by atoms with Gasteiger partial charge in [0.1, 0.15) is 5.75 Å². The van der Waals surface area contributed by atoms with Crippen molar-refractivity contribution in [1.29, 1.82) is 0 Å². The highest BCUT2D eigenvalue weighted by Gasteiger charge is 2.13. The van der Waals surface area contributed by atoms with Gasteiger partial charge in [0, 0.05) is 30.3 Å². The fraction of sp³-hybridized carbons (Fsp3) is 0.235. The predicted octanol–water partition coefficient (Wildman–Crippen LogP) is 3.11. The molecule has 0 aromatic heterocycles. The summed E-state index contributed by atoms with van der Waals surface area (Å²) < 4.78 is 15.7. The minimum Gasteiger partial charge on any atom is -0.497 e. The standard InChI is InChI=1S/C17H17NO4/c1-20-14-5-2-12(3-6-14)15(19)8-9-18-13-4-7-16-17(10-13)22-11-21-16/h2-7,10,18H,8-9,11H2,1H3. The zero-order valence-corrected chi connectivity index (χ0v) is 12.3. The van der Waals surface area contributed by atoms with Crippen molar-refractivity contribution in [3.63, 3.8) is 0 Å². The van der Waals surface area contributed by atoms with Crippen LogP contribution in [0.1, 0.15) is 16.8 Å². The minimum absolute atomic E-state index is 0.0934. The van der Waals surface area contributed by atoms with Crippen molar-refractivity contribution in [1.82, 2.24) is 0 Å². The number of rotatable bonds is 6. The van der Waals surface area contributed by atoms with Crippen LogP contribution >= 0.6 is 0 Å². The van der Waals surface area contributed by atoms with Crippen LogP contribution in [0, 0.1) is 0 Å². The van der Waals surface area contributed by atoms with Gasteiger partial charge in [0.05, 0.1) is 7.11 Å². The molecule has 0 atom stereocenters. The van der Waals surface area contributed by atoms with Gasteiger partial charge in [-0.15, -0.1) is 0 Å². The van der Waals surface area contributed by atoms with Crippen LogP contribution in [0.25, 0.3) is 0 Å². The molecule has 0 spiro atoms. The lowest BCUT2D eigenvalue weighted by Crippen LogP contribution is -2.08. The predicted molar refractivity (Wildman–Crippen MR) is 83.0 cm³/mol. The number of methoxy groups -OCH3 is 1. The van der Waals surface area contributed by atoms with Crippen molar-refractivity contribution < 1.29 is 19.0 Å². The normalized spacial score (nSPS) is 12.0. The Bertz CT molecular complexity index is 667. The summed E-state index contributed by atoms with van der Waals surface area (Å²) in [7, 11) is 1.60. The maximum atomic E-state index is 12.1. The average molecular weight is 299 g/mol. The first-order valence-electron chi connectivity index (χ1n) is 7.07. The van der Waals surface area contributed by atoms with Crippen molar-refractivity contribution in [2.45, 2.75) is 6.42 Å². The molecule has 114 valence electrons. The number of ether oxygens (including phenoxy) is 3. The van der Waals surface area contributed by atoms with E-state index in [-0.39, 0.29) is 12.6 Å². The monoisotopic (exact) mass is 299 g/mol. The summed E-state index contributed by atoms with van der Waals surface area (Å²) in [5.74, 6) is 2.32. The summed E-state index contributed by atoms with van der Waals surface area (Å²) in [6, 6.07) is 12.8. The summed E-state index contributed by atoms with van der Waals surface area (Å²) in [6.07, 6.45) is 0.417. The van der Waals surface area contributed by atoms with Gasteiger partial charge in [-0.3, -0.25) is 4.79 Å². The third kappa shape index (κ3) is 3.14.